The van der Waals surface area contributed by atoms with Crippen LogP contribution in [0.15, 0.2) is 66.7 Å². The number of carboxylic acid groups (broad SMARTS) is 1. The van der Waals surface area contributed by atoms with E-state index in [4.69, 9.17) is 10.5 Å². The molecule has 4 rings (SSSR count). The van der Waals surface area contributed by atoms with E-state index in [0.717, 1.165) is 30.5 Å². The van der Waals surface area contributed by atoms with Crippen molar-refractivity contribution in [3.8, 4) is 5.75 Å². The van der Waals surface area contributed by atoms with Crippen molar-refractivity contribution in [2.75, 3.05) is 25.1 Å². The fourth-order valence-corrected chi connectivity index (χ4v) is 5.26. The molecule has 1 saturated heterocycles. The summed E-state index contributed by atoms with van der Waals surface area (Å²) in [4.78, 5) is 30.2. The molecule has 0 spiro atoms. The van der Waals surface area contributed by atoms with Crippen molar-refractivity contribution < 1.29 is 28.2 Å². The lowest BCUT2D eigenvalue weighted by Gasteiger charge is -2.33. The summed E-state index contributed by atoms with van der Waals surface area (Å²) in [6.07, 6.45) is 1.58. The molecule has 0 saturated carbocycles. The molecule has 3 aromatic rings. The molecule has 39 heavy (non-hydrogen) atoms. The Hall–Kier alpha value is -3.98. The number of benzene rings is 3. The summed E-state index contributed by atoms with van der Waals surface area (Å²) in [5.74, 6) is -4.50. The number of aliphatic carboxylic acids is 1. The number of nitrogens with zero attached hydrogens (tertiary/aromatic N) is 2. The van der Waals surface area contributed by atoms with Crippen LogP contribution in [0.4, 0.5) is 19.3 Å². The number of hydrogen-bond donors (Lipinski definition) is 2. The minimum absolute atomic E-state index is 0.0107. The third-order valence-corrected chi connectivity index (χ3v) is 7.29. The number of anilines is 1. The summed E-state index contributed by atoms with van der Waals surface area (Å²) in [6, 6.07) is 16.4. The van der Waals surface area contributed by atoms with Gasteiger partial charge in [-0.1, -0.05) is 43.7 Å². The highest BCUT2D eigenvalue weighted by Crippen LogP contribution is 2.47. The maximum atomic E-state index is 14.3. The zero-order valence-corrected chi connectivity index (χ0v) is 22.0. The predicted octanol–water partition coefficient (Wildman–Crippen LogP) is 5.70. The molecule has 0 aliphatic carbocycles. The van der Waals surface area contributed by atoms with Gasteiger partial charge in [-0.05, 0) is 59.5 Å². The highest BCUT2D eigenvalue weighted by atomic mass is 19.2. The molecule has 206 valence electrons. The Morgan fingerprint density at radius 1 is 1.05 bits per heavy atom. The summed E-state index contributed by atoms with van der Waals surface area (Å²) >= 11 is 0. The van der Waals surface area contributed by atoms with Crippen molar-refractivity contribution in [2.24, 2.45) is 11.7 Å². The summed E-state index contributed by atoms with van der Waals surface area (Å²) in [5.41, 5.74) is 8.29. The smallest absolute Gasteiger partial charge is 0.325 e. The van der Waals surface area contributed by atoms with E-state index in [1.54, 1.807) is 29.2 Å². The first-order chi connectivity index (χ1) is 18.8. The van der Waals surface area contributed by atoms with Gasteiger partial charge in [0, 0.05) is 31.2 Å². The van der Waals surface area contributed by atoms with Crippen LogP contribution in [0.25, 0.3) is 0 Å². The number of amides is 2. The molecule has 2 amide bonds. The number of unbranched alkanes of at least 4 members (excludes halogenated alkanes) is 1. The third kappa shape index (κ3) is 5.88. The van der Waals surface area contributed by atoms with Gasteiger partial charge in [0.1, 0.15) is 5.75 Å². The first kappa shape index (κ1) is 28.0. The maximum Gasteiger partial charge on any atom is 0.325 e. The minimum Gasteiger partial charge on any atom is -0.497 e. The zero-order chi connectivity index (χ0) is 28.1. The van der Waals surface area contributed by atoms with E-state index < -0.39 is 35.5 Å². The normalized spacial score (nSPS) is 18.7. The number of ether oxygens (including phenoxy) is 1. The van der Waals surface area contributed by atoms with E-state index in [-0.39, 0.29) is 12.6 Å². The van der Waals surface area contributed by atoms with Crippen LogP contribution in [0, 0.1) is 17.6 Å². The average Bonchev–Trinajstić information content (AvgIpc) is 3.36. The standard InChI is InChI=1S/C30H33F2N3O4/c1-3-4-14-34(22-7-5-6-19(15-22)17-33)30(38)35-18-24(21-10-13-25(31)26(32)16-21)27(29(36)37)28(35)20-8-11-23(39-2)12-9-20/h5-13,15-16,24,27-28H,3-4,14,17-18,33H2,1-2H3,(H,36,37). The van der Waals surface area contributed by atoms with Crippen molar-refractivity contribution >= 4 is 17.7 Å². The highest BCUT2D eigenvalue weighted by Gasteiger charge is 2.50. The SMILES string of the molecule is CCCCN(C(=O)N1CC(c2ccc(F)c(F)c2)C(C(=O)O)C1c1ccc(OC)cc1)c1cccc(CN)c1. The van der Waals surface area contributed by atoms with Crippen molar-refractivity contribution in [1.29, 1.82) is 0 Å². The Morgan fingerprint density at radius 2 is 1.77 bits per heavy atom. The number of carboxylic acids is 1. The minimum atomic E-state index is -1.13. The van der Waals surface area contributed by atoms with Gasteiger partial charge in [0.15, 0.2) is 11.6 Å². The Balaban J connectivity index is 1.82. The number of urea groups is 1. The van der Waals surface area contributed by atoms with Crippen LogP contribution in [0.5, 0.6) is 5.75 Å². The van der Waals surface area contributed by atoms with Gasteiger partial charge in [-0.3, -0.25) is 9.69 Å². The van der Waals surface area contributed by atoms with Crippen LogP contribution in [-0.4, -0.2) is 42.2 Å². The molecule has 3 unspecified atom stereocenters. The first-order valence-corrected chi connectivity index (χ1v) is 13.0. The molecule has 3 aromatic carbocycles. The number of carbonyl (C=O) groups is 2. The Labute approximate surface area is 226 Å². The molecule has 1 heterocycles. The summed E-state index contributed by atoms with van der Waals surface area (Å²) in [7, 11) is 1.53. The second-order valence-electron chi connectivity index (χ2n) is 9.68. The molecule has 0 aromatic heterocycles. The van der Waals surface area contributed by atoms with Gasteiger partial charge in [-0.15, -0.1) is 0 Å². The number of likely N-dealkylation sites (tertiary alicyclic amines) is 1. The van der Waals surface area contributed by atoms with E-state index in [1.807, 2.05) is 31.2 Å². The number of rotatable bonds is 9. The van der Waals surface area contributed by atoms with E-state index >= 15 is 0 Å². The first-order valence-electron chi connectivity index (χ1n) is 13.0. The van der Waals surface area contributed by atoms with Crippen molar-refractivity contribution in [2.45, 2.75) is 38.3 Å². The lowest BCUT2D eigenvalue weighted by Crippen LogP contribution is -2.44. The van der Waals surface area contributed by atoms with E-state index in [2.05, 4.69) is 0 Å². The van der Waals surface area contributed by atoms with Gasteiger partial charge >= 0.3 is 12.0 Å². The Kier molecular flexibility index (Phi) is 8.81. The van der Waals surface area contributed by atoms with Gasteiger partial charge in [-0.2, -0.15) is 0 Å². The van der Waals surface area contributed by atoms with Crippen LogP contribution in [-0.2, 0) is 11.3 Å². The number of carbonyl (C=O) groups excluding carboxylic acids is 1. The fraction of sp³-hybridized carbons (Fsp3) is 0.333. The molecule has 1 fully saturated rings. The molecule has 1 aliphatic heterocycles. The summed E-state index contributed by atoms with van der Waals surface area (Å²) in [5, 5.41) is 10.4. The topological polar surface area (TPSA) is 96.1 Å². The Morgan fingerprint density at radius 3 is 2.38 bits per heavy atom. The van der Waals surface area contributed by atoms with Crippen LogP contribution in [0.1, 0.15) is 48.4 Å². The molecular weight excluding hydrogens is 504 g/mol. The largest absolute Gasteiger partial charge is 0.497 e. The molecule has 3 N–H and O–H groups in total. The molecule has 1 aliphatic rings. The molecule has 0 bridgehead atoms. The molecular formula is C30H33F2N3O4. The van der Waals surface area contributed by atoms with Gasteiger partial charge in [0.05, 0.1) is 19.1 Å². The average molecular weight is 538 g/mol. The lowest BCUT2D eigenvalue weighted by molar-refractivity contribution is -0.142. The quantitative estimate of drug-likeness (QED) is 0.365. The van der Waals surface area contributed by atoms with Crippen molar-refractivity contribution in [3.05, 3.63) is 95.1 Å². The van der Waals surface area contributed by atoms with E-state index in [0.29, 0.717) is 35.7 Å². The van der Waals surface area contributed by atoms with Crippen molar-refractivity contribution in [3.63, 3.8) is 0 Å². The number of methoxy groups -OCH3 is 1. The van der Waals surface area contributed by atoms with Crippen LogP contribution in [0.2, 0.25) is 0 Å². The van der Waals surface area contributed by atoms with Crippen molar-refractivity contribution in [1.82, 2.24) is 4.90 Å². The van der Waals surface area contributed by atoms with Gasteiger partial charge in [0.25, 0.3) is 0 Å². The van der Waals surface area contributed by atoms with Gasteiger partial charge in [-0.25, -0.2) is 13.6 Å². The summed E-state index contributed by atoms with van der Waals surface area (Å²) in [6.45, 7) is 2.76. The van der Waals surface area contributed by atoms with E-state index in [9.17, 15) is 23.5 Å². The molecule has 0 radical (unpaired) electrons. The number of nitrogens with two attached hydrogens (primary N) is 1. The predicted molar refractivity (Wildman–Crippen MR) is 145 cm³/mol. The van der Waals surface area contributed by atoms with Crippen LogP contribution < -0.4 is 15.4 Å². The van der Waals surface area contributed by atoms with E-state index in [1.165, 1.54) is 18.1 Å². The highest BCUT2D eigenvalue weighted by molar-refractivity contribution is 5.93. The Bertz CT molecular complexity index is 1320. The lowest BCUT2D eigenvalue weighted by atomic mass is 9.83. The number of halogens is 2. The fourth-order valence-electron chi connectivity index (χ4n) is 5.26. The van der Waals surface area contributed by atoms with Crippen LogP contribution in [0.3, 0.4) is 0 Å². The molecule has 3 atom stereocenters. The zero-order valence-electron chi connectivity index (χ0n) is 22.0. The monoisotopic (exact) mass is 537 g/mol. The molecule has 7 nitrogen and oxygen atoms in total. The van der Waals surface area contributed by atoms with Gasteiger partial charge < -0.3 is 20.5 Å². The van der Waals surface area contributed by atoms with Gasteiger partial charge in [0.2, 0.25) is 0 Å². The second kappa shape index (κ2) is 12.3. The maximum absolute atomic E-state index is 14.3. The number of hydrogen-bond acceptors (Lipinski definition) is 4. The second-order valence-corrected chi connectivity index (χ2v) is 9.68. The summed E-state index contributed by atoms with van der Waals surface area (Å²) < 4.78 is 33.3. The molecule has 9 heteroatoms. The van der Waals surface area contributed by atoms with Crippen LogP contribution >= 0.6 is 0 Å². The third-order valence-electron chi connectivity index (χ3n) is 7.29.